The molecule has 0 saturated carbocycles. The van der Waals surface area contributed by atoms with Crippen LogP contribution in [0.2, 0.25) is 0 Å². The van der Waals surface area contributed by atoms with Gasteiger partial charge in [-0.2, -0.15) is 10.2 Å². The molecule has 0 aliphatic rings. The Morgan fingerprint density at radius 2 is 1.78 bits per heavy atom. The molecule has 3 N–H and O–H groups in total. The smallest absolute Gasteiger partial charge is 0.229 e. The zero-order chi connectivity index (χ0) is 27.0. The minimum atomic E-state index is -3.74. The number of hydrogen-bond acceptors (Lipinski definition) is 10. The van der Waals surface area contributed by atoms with Gasteiger partial charge in [-0.1, -0.05) is 12.1 Å². The lowest BCUT2D eigenvalue weighted by atomic mass is 10.1. The third kappa shape index (κ3) is 6.96. The Morgan fingerprint density at radius 3 is 2.41 bits per heavy atom. The molecule has 3 aromatic rings. The number of ether oxygens (including phenoxy) is 3. The number of nitrogens with one attached hydrogen (secondary N) is 3. The van der Waals surface area contributed by atoms with Gasteiger partial charge in [0.15, 0.2) is 23.1 Å². The molecule has 3 rings (SSSR count). The molecule has 0 radical (unpaired) electrons. The van der Waals surface area contributed by atoms with E-state index >= 15 is 0 Å². The number of methoxy groups -OCH3 is 3. The number of anilines is 4. The van der Waals surface area contributed by atoms with Gasteiger partial charge in [0.25, 0.3) is 0 Å². The molecule has 0 bridgehead atoms. The van der Waals surface area contributed by atoms with E-state index in [2.05, 4.69) is 25.3 Å². The van der Waals surface area contributed by atoms with E-state index in [-0.39, 0.29) is 30.5 Å². The molecule has 0 unspecified atom stereocenters. The summed E-state index contributed by atoms with van der Waals surface area (Å²) in [6.07, 6.45) is 1.04. The molecule has 0 atom stereocenters. The van der Waals surface area contributed by atoms with E-state index in [4.69, 9.17) is 19.5 Å². The largest absolute Gasteiger partial charge is 0.493 e. The molecule has 1 heterocycles. The average Bonchev–Trinajstić information content (AvgIpc) is 2.87. The zero-order valence-electron chi connectivity index (χ0n) is 20.8. The lowest BCUT2D eigenvalue weighted by molar-refractivity contribution is 0.324. The Kier molecular flexibility index (Phi) is 9.05. The number of rotatable bonds is 12. The topological polar surface area (TPSA) is 147 Å². The third-order valence-corrected chi connectivity index (χ3v) is 6.53. The number of nitriles is 1. The van der Waals surface area contributed by atoms with Crippen LogP contribution in [0, 0.1) is 24.1 Å². The number of hydrogen-bond donors (Lipinski definition) is 3. The number of benzene rings is 2. The van der Waals surface area contributed by atoms with Crippen LogP contribution < -0.4 is 29.6 Å². The highest BCUT2D eigenvalue weighted by molar-refractivity contribution is 7.88. The first-order chi connectivity index (χ1) is 17.7. The van der Waals surface area contributed by atoms with Gasteiger partial charge in [0.2, 0.25) is 21.7 Å². The van der Waals surface area contributed by atoms with Crippen molar-refractivity contribution in [2.24, 2.45) is 0 Å². The van der Waals surface area contributed by atoms with Gasteiger partial charge in [-0.15, -0.1) is 0 Å². The summed E-state index contributed by atoms with van der Waals surface area (Å²) in [4.78, 5) is 8.21. The number of sulfonamides is 1. The van der Waals surface area contributed by atoms with Crippen LogP contribution in [0.25, 0.3) is 0 Å². The van der Waals surface area contributed by atoms with Crippen LogP contribution in [-0.4, -0.2) is 46.3 Å². The molecule has 0 fully saturated rings. The van der Waals surface area contributed by atoms with Crippen LogP contribution >= 0.6 is 0 Å². The molecule has 1 aromatic heterocycles. The molecule has 0 aliphatic heterocycles. The van der Waals surface area contributed by atoms with Crippen LogP contribution in [-0.2, 0) is 15.8 Å². The summed E-state index contributed by atoms with van der Waals surface area (Å²) in [6, 6.07) is 10.3. The maximum Gasteiger partial charge on any atom is 0.229 e. The number of halogens is 1. The van der Waals surface area contributed by atoms with Crippen LogP contribution in [0.15, 0.2) is 36.5 Å². The molecule has 0 saturated heterocycles. The summed E-state index contributed by atoms with van der Waals surface area (Å²) >= 11 is 0. The van der Waals surface area contributed by atoms with Crippen molar-refractivity contribution in [3.05, 3.63) is 53.5 Å². The van der Waals surface area contributed by atoms with Crippen molar-refractivity contribution in [1.29, 1.82) is 5.26 Å². The lowest BCUT2D eigenvalue weighted by Crippen LogP contribution is -2.26. The minimum Gasteiger partial charge on any atom is -0.493 e. The molecule has 0 amide bonds. The second-order valence-electron chi connectivity index (χ2n) is 7.72. The number of aryl methyl sites for hydroxylation is 1. The van der Waals surface area contributed by atoms with Crippen molar-refractivity contribution >= 4 is 33.2 Å². The van der Waals surface area contributed by atoms with Gasteiger partial charge in [0, 0.05) is 36.5 Å². The highest BCUT2D eigenvalue weighted by Gasteiger charge is 2.18. The normalized spacial score (nSPS) is 10.9. The summed E-state index contributed by atoms with van der Waals surface area (Å²) in [6.45, 7) is 1.75. The van der Waals surface area contributed by atoms with E-state index in [1.54, 1.807) is 37.3 Å². The van der Waals surface area contributed by atoms with Gasteiger partial charge in [-0.3, -0.25) is 0 Å². The first-order valence-electron chi connectivity index (χ1n) is 11.0. The Balaban J connectivity index is 1.90. The second kappa shape index (κ2) is 12.2. The first-order valence-corrected chi connectivity index (χ1v) is 12.7. The van der Waals surface area contributed by atoms with Crippen LogP contribution in [0.4, 0.5) is 27.5 Å². The highest BCUT2D eigenvalue weighted by Crippen LogP contribution is 2.40. The number of nitrogens with zero attached hydrogens (tertiary/aromatic N) is 3. The van der Waals surface area contributed by atoms with Crippen molar-refractivity contribution in [3.63, 3.8) is 0 Å². The molecule has 196 valence electrons. The van der Waals surface area contributed by atoms with Gasteiger partial charge in [-0.25, -0.2) is 22.5 Å². The zero-order valence-corrected chi connectivity index (χ0v) is 21.6. The van der Waals surface area contributed by atoms with Gasteiger partial charge in [0.1, 0.15) is 0 Å². The maximum atomic E-state index is 14.7. The van der Waals surface area contributed by atoms with Crippen LogP contribution in [0.5, 0.6) is 17.2 Å². The van der Waals surface area contributed by atoms with E-state index in [0.717, 1.165) is 6.20 Å². The van der Waals surface area contributed by atoms with Crippen molar-refractivity contribution < 1.29 is 27.0 Å². The molecular weight excluding hydrogens is 503 g/mol. The van der Waals surface area contributed by atoms with E-state index < -0.39 is 15.8 Å². The quantitative estimate of drug-likeness (QED) is 0.296. The summed E-state index contributed by atoms with van der Waals surface area (Å²) in [7, 11) is 0.716. The fraction of sp³-hybridized carbons (Fsp3) is 0.292. The predicted octanol–water partition coefficient (Wildman–Crippen LogP) is 3.77. The molecule has 37 heavy (non-hydrogen) atoms. The van der Waals surface area contributed by atoms with Gasteiger partial charge < -0.3 is 24.8 Å². The first kappa shape index (κ1) is 27.4. The predicted molar refractivity (Wildman–Crippen MR) is 137 cm³/mol. The molecule has 11 nitrogen and oxygen atoms in total. The minimum absolute atomic E-state index is 0.00394. The van der Waals surface area contributed by atoms with E-state index in [1.807, 2.05) is 6.07 Å². The Bertz CT molecular complexity index is 1390. The van der Waals surface area contributed by atoms with Crippen molar-refractivity contribution in [2.75, 3.05) is 38.5 Å². The summed E-state index contributed by atoms with van der Waals surface area (Å²) in [5.74, 6) is 0.0127. The van der Waals surface area contributed by atoms with Gasteiger partial charge in [0.05, 0.1) is 39.3 Å². The fourth-order valence-corrected chi connectivity index (χ4v) is 4.72. The van der Waals surface area contributed by atoms with Gasteiger partial charge >= 0.3 is 0 Å². The van der Waals surface area contributed by atoms with Gasteiger partial charge in [-0.05, 0) is 24.1 Å². The van der Waals surface area contributed by atoms with E-state index in [0.29, 0.717) is 39.8 Å². The fourth-order valence-electron chi connectivity index (χ4n) is 3.44. The average molecular weight is 531 g/mol. The monoisotopic (exact) mass is 530 g/mol. The molecular formula is C24H27FN6O5S. The standard InChI is InChI=1S/C24H27FN6O5S/c1-15-7-5-8-19(17(15)14-37(32,33)28-10-6-9-26)30-23-18(25)13-27-24(31-23)29-16-11-20(34-2)22(36-4)21(12-16)35-3/h5,7-8,11-13,28H,6,10,14H2,1-4H3,(H2,27,29,30,31). The second-order valence-corrected chi connectivity index (χ2v) is 9.52. The molecule has 13 heteroatoms. The molecule has 2 aromatic carbocycles. The summed E-state index contributed by atoms with van der Waals surface area (Å²) in [5, 5.41) is 14.5. The Morgan fingerprint density at radius 1 is 1.08 bits per heavy atom. The summed E-state index contributed by atoms with van der Waals surface area (Å²) < 4.78 is 58.1. The van der Waals surface area contributed by atoms with E-state index in [9.17, 15) is 12.8 Å². The van der Waals surface area contributed by atoms with Crippen molar-refractivity contribution in [1.82, 2.24) is 14.7 Å². The lowest BCUT2D eigenvalue weighted by Gasteiger charge is -2.16. The highest BCUT2D eigenvalue weighted by atomic mass is 32.2. The summed E-state index contributed by atoms with van der Waals surface area (Å²) in [5.41, 5.74) is 1.98. The molecule has 0 spiro atoms. The molecule has 0 aliphatic carbocycles. The van der Waals surface area contributed by atoms with Crippen LogP contribution in [0.1, 0.15) is 17.5 Å². The maximum absolute atomic E-state index is 14.7. The van der Waals surface area contributed by atoms with E-state index in [1.165, 1.54) is 21.3 Å². The number of aromatic nitrogens is 2. The van der Waals surface area contributed by atoms with Crippen LogP contribution in [0.3, 0.4) is 0 Å². The SMILES string of the molecule is COc1cc(Nc2ncc(F)c(Nc3cccc(C)c3CS(=O)(=O)NCCC#N)n2)cc(OC)c1OC. The van der Waals surface area contributed by atoms with Crippen molar-refractivity contribution in [2.45, 2.75) is 19.1 Å². The third-order valence-electron chi connectivity index (χ3n) is 5.22. The Labute approximate surface area is 214 Å². The Hall–Kier alpha value is -4.15. The van der Waals surface area contributed by atoms with Crippen molar-refractivity contribution in [3.8, 4) is 23.3 Å².